The van der Waals surface area contributed by atoms with Gasteiger partial charge in [-0.1, -0.05) is 37.0 Å². The molecule has 0 spiro atoms. The van der Waals surface area contributed by atoms with Crippen molar-refractivity contribution >= 4 is 48.3 Å². The molecule has 0 aliphatic heterocycles. The molecule has 7 nitrogen and oxygen atoms in total. The van der Waals surface area contributed by atoms with Gasteiger partial charge in [0.15, 0.2) is 0 Å². The van der Waals surface area contributed by atoms with Gasteiger partial charge in [-0.25, -0.2) is 0 Å². The summed E-state index contributed by atoms with van der Waals surface area (Å²) < 4.78 is 11.5. The number of amides is 2. The van der Waals surface area contributed by atoms with Crippen LogP contribution in [0.1, 0.15) is 27.2 Å². The fourth-order valence-electron chi connectivity index (χ4n) is 2.04. The van der Waals surface area contributed by atoms with Crippen LogP contribution in [0.5, 0.6) is 0 Å². The molecule has 0 saturated carbocycles. The van der Waals surface area contributed by atoms with Crippen LogP contribution in [0.3, 0.4) is 0 Å². The summed E-state index contributed by atoms with van der Waals surface area (Å²) in [6.07, 6.45) is 0.0112. The van der Waals surface area contributed by atoms with Crippen LogP contribution < -0.4 is 10.6 Å². The first-order chi connectivity index (χ1) is 11.4. The lowest BCUT2D eigenvalue weighted by atomic mass is 10.1. The molecule has 1 unspecified atom stereocenters. The second kappa shape index (κ2) is 9.01. The molecule has 0 fully saturated rings. The Morgan fingerprint density at radius 1 is 1.12 bits per heavy atom. The standard InChI is InChI=1S/C15H21Cl2N2O5P/c1-8(2)6-13(25(22,23)24)15(21)18-9(3)14(20)19-10-4-5-11(16)12(17)7-10/h4-5,7-9,13H,6H2,1-3H3,(H,18,21)(H,19,20)(H2,22,23,24)/t9-,13?/m0/s1. The Hall–Kier alpha value is -1.11. The van der Waals surface area contributed by atoms with Crippen molar-refractivity contribution in [2.75, 3.05) is 5.32 Å². The van der Waals surface area contributed by atoms with Crippen LogP contribution in [0, 0.1) is 5.92 Å². The first-order valence-electron chi connectivity index (χ1n) is 7.53. The molecule has 0 saturated heterocycles. The number of carbonyl (C=O) groups is 2. The van der Waals surface area contributed by atoms with E-state index in [9.17, 15) is 23.9 Å². The van der Waals surface area contributed by atoms with Gasteiger partial charge in [0.25, 0.3) is 0 Å². The van der Waals surface area contributed by atoms with E-state index in [1.807, 2.05) is 0 Å². The van der Waals surface area contributed by atoms with E-state index >= 15 is 0 Å². The molecule has 1 rings (SSSR count). The quantitative estimate of drug-likeness (QED) is 0.515. The summed E-state index contributed by atoms with van der Waals surface area (Å²) in [6, 6.07) is 3.50. The molecule has 2 amide bonds. The van der Waals surface area contributed by atoms with Crippen molar-refractivity contribution in [1.29, 1.82) is 0 Å². The van der Waals surface area contributed by atoms with Crippen molar-refractivity contribution in [3.63, 3.8) is 0 Å². The van der Waals surface area contributed by atoms with Gasteiger partial charge in [0, 0.05) is 5.69 Å². The van der Waals surface area contributed by atoms with Crippen LogP contribution in [0.4, 0.5) is 5.69 Å². The Morgan fingerprint density at radius 2 is 1.72 bits per heavy atom. The molecule has 4 N–H and O–H groups in total. The Balaban J connectivity index is 2.76. The topological polar surface area (TPSA) is 116 Å². The van der Waals surface area contributed by atoms with Gasteiger partial charge in [0.2, 0.25) is 11.8 Å². The van der Waals surface area contributed by atoms with Crippen LogP contribution in [-0.2, 0) is 14.2 Å². The van der Waals surface area contributed by atoms with Crippen LogP contribution in [0.25, 0.3) is 0 Å². The largest absolute Gasteiger partial charge is 0.344 e. The zero-order valence-electron chi connectivity index (χ0n) is 14.0. The van der Waals surface area contributed by atoms with Crippen molar-refractivity contribution in [3.8, 4) is 0 Å². The third kappa shape index (κ3) is 6.96. The van der Waals surface area contributed by atoms with Gasteiger partial charge in [-0.3, -0.25) is 14.2 Å². The third-order valence-electron chi connectivity index (χ3n) is 3.34. The van der Waals surface area contributed by atoms with Gasteiger partial charge >= 0.3 is 7.60 Å². The Bertz CT molecular complexity index is 692. The number of benzene rings is 1. The Labute approximate surface area is 156 Å². The summed E-state index contributed by atoms with van der Waals surface area (Å²) >= 11 is 11.7. The van der Waals surface area contributed by atoms with Crippen molar-refractivity contribution in [3.05, 3.63) is 28.2 Å². The molecule has 0 radical (unpaired) electrons. The fourth-order valence-corrected chi connectivity index (χ4v) is 3.42. The summed E-state index contributed by atoms with van der Waals surface area (Å²) in [4.78, 5) is 43.0. The smallest absolute Gasteiger partial charge is 0.337 e. The van der Waals surface area contributed by atoms with E-state index in [4.69, 9.17) is 23.2 Å². The van der Waals surface area contributed by atoms with Crippen molar-refractivity contribution in [2.24, 2.45) is 5.92 Å². The zero-order valence-corrected chi connectivity index (χ0v) is 16.4. The first-order valence-corrected chi connectivity index (χ1v) is 9.97. The number of hydrogen-bond acceptors (Lipinski definition) is 3. The van der Waals surface area contributed by atoms with E-state index in [1.165, 1.54) is 25.1 Å². The molecule has 1 aromatic carbocycles. The molecule has 0 aromatic heterocycles. The van der Waals surface area contributed by atoms with Gasteiger partial charge in [-0.2, -0.15) is 0 Å². The lowest BCUT2D eigenvalue weighted by Gasteiger charge is -2.22. The lowest BCUT2D eigenvalue weighted by molar-refractivity contribution is -0.126. The van der Waals surface area contributed by atoms with E-state index in [-0.39, 0.29) is 17.4 Å². The number of rotatable bonds is 7. The monoisotopic (exact) mass is 410 g/mol. The van der Waals surface area contributed by atoms with E-state index in [0.29, 0.717) is 10.7 Å². The van der Waals surface area contributed by atoms with Crippen molar-refractivity contribution < 1.29 is 23.9 Å². The molecule has 0 heterocycles. The summed E-state index contributed by atoms with van der Waals surface area (Å²) in [7, 11) is -4.63. The molecular formula is C15H21Cl2N2O5P. The summed E-state index contributed by atoms with van der Waals surface area (Å²) in [5.74, 6) is -1.51. The van der Waals surface area contributed by atoms with E-state index < -0.39 is 31.1 Å². The predicted octanol–water partition coefficient (Wildman–Crippen LogP) is 3.03. The van der Waals surface area contributed by atoms with Gasteiger partial charge in [-0.05, 0) is 37.5 Å². The molecule has 0 bridgehead atoms. The second-order valence-corrected chi connectivity index (χ2v) is 8.70. The van der Waals surface area contributed by atoms with E-state index in [0.717, 1.165) is 0 Å². The minimum absolute atomic E-state index is 0.0112. The summed E-state index contributed by atoms with van der Waals surface area (Å²) in [6.45, 7) is 4.91. The third-order valence-corrected chi connectivity index (χ3v) is 5.34. The maximum atomic E-state index is 12.2. The van der Waals surface area contributed by atoms with Crippen LogP contribution in [0.2, 0.25) is 10.0 Å². The molecule has 25 heavy (non-hydrogen) atoms. The van der Waals surface area contributed by atoms with E-state index in [1.54, 1.807) is 13.8 Å². The minimum Gasteiger partial charge on any atom is -0.344 e. The number of carbonyl (C=O) groups excluding carboxylic acids is 2. The van der Waals surface area contributed by atoms with Gasteiger partial charge in [0.05, 0.1) is 10.0 Å². The minimum atomic E-state index is -4.63. The SMILES string of the molecule is CC(C)CC(C(=O)N[C@@H](C)C(=O)Nc1ccc(Cl)c(Cl)c1)P(=O)(O)O. The highest BCUT2D eigenvalue weighted by Gasteiger charge is 2.37. The second-order valence-electron chi connectivity index (χ2n) is 6.08. The molecule has 2 atom stereocenters. The normalized spacial score (nSPS) is 14.1. The number of anilines is 1. The fraction of sp³-hybridized carbons (Fsp3) is 0.467. The zero-order chi connectivity index (χ0) is 19.4. The molecule has 1 aromatic rings. The molecule has 140 valence electrons. The van der Waals surface area contributed by atoms with Crippen LogP contribution in [-0.4, -0.2) is 33.3 Å². The molecular weight excluding hydrogens is 390 g/mol. The average molecular weight is 411 g/mol. The lowest BCUT2D eigenvalue weighted by Crippen LogP contribution is -2.46. The summed E-state index contributed by atoms with van der Waals surface area (Å²) in [5.41, 5.74) is -1.11. The predicted molar refractivity (Wildman–Crippen MR) is 98.0 cm³/mol. The Morgan fingerprint density at radius 3 is 2.20 bits per heavy atom. The molecule has 10 heteroatoms. The summed E-state index contributed by atoms with van der Waals surface area (Å²) in [5, 5.41) is 5.47. The van der Waals surface area contributed by atoms with Gasteiger partial charge in [0.1, 0.15) is 11.7 Å². The van der Waals surface area contributed by atoms with Crippen LogP contribution >= 0.6 is 30.8 Å². The van der Waals surface area contributed by atoms with Crippen LogP contribution in [0.15, 0.2) is 18.2 Å². The Kier molecular flexibility index (Phi) is 7.90. The molecule has 0 aliphatic rings. The van der Waals surface area contributed by atoms with Gasteiger partial charge < -0.3 is 20.4 Å². The number of hydrogen-bond donors (Lipinski definition) is 4. The number of halogens is 2. The highest BCUT2D eigenvalue weighted by Crippen LogP contribution is 2.44. The maximum absolute atomic E-state index is 12.2. The highest BCUT2D eigenvalue weighted by molar-refractivity contribution is 7.53. The van der Waals surface area contributed by atoms with Crippen molar-refractivity contribution in [2.45, 2.75) is 38.9 Å². The first kappa shape index (κ1) is 21.9. The molecule has 0 aliphatic carbocycles. The van der Waals surface area contributed by atoms with Gasteiger partial charge in [-0.15, -0.1) is 0 Å². The average Bonchev–Trinajstić information content (AvgIpc) is 2.47. The van der Waals surface area contributed by atoms with E-state index in [2.05, 4.69) is 10.6 Å². The highest BCUT2D eigenvalue weighted by atomic mass is 35.5. The maximum Gasteiger partial charge on any atom is 0.337 e. The van der Waals surface area contributed by atoms with Crippen molar-refractivity contribution in [1.82, 2.24) is 5.32 Å². The number of nitrogens with one attached hydrogen (secondary N) is 2.